The van der Waals surface area contributed by atoms with Crippen molar-refractivity contribution in [3.05, 3.63) is 23.6 Å². The zero-order valence-electron chi connectivity index (χ0n) is 10.9. The molecule has 19 heavy (non-hydrogen) atoms. The Morgan fingerprint density at radius 1 is 1.63 bits per heavy atom. The van der Waals surface area contributed by atoms with Crippen LogP contribution in [0.3, 0.4) is 0 Å². The van der Waals surface area contributed by atoms with E-state index in [-0.39, 0.29) is 24.1 Å². The summed E-state index contributed by atoms with van der Waals surface area (Å²) >= 11 is 0. The van der Waals surface area contributed by atoms with Gasteiger partial charge in [0.15, 0.2) is 0 Å². The van der Waals surface area contributed by atoms with Gasteiger partial charge in [-0.25, -0.2) is 9.37 Å². The van der Waals surface area contributed by atoms with Crippen LogP contribution in [0.1, 0.15) is 29.6 Å². The number of likely N-dealkylation sites (tertiary alicyclic amines) is 1. The highest BCUT2D eigenvalue weighted by atomic mass is 19.1. The molecule has 0 aromatic carbocycles. The summed E-state index contributed by atoms with van der Waals surface area (Å²) in [6.07, 6.45) is 3.75. The first-order valence-corrected chi connectivity index (χ1v) is 6.42. The van der Waals surface area contributed by atoms with Crippen LogP contribution >= 0.6 is 0 Å². The molecule has 2 N–H and O–H groups in total. The van der Waals surface area contributed by atoms with Crippen molar-refractivity contribution in [3.63, 3.8) is 0 Å². The van der Waals surface area contributed by atoms with E-state index in [4.69, 9.17) is 0 Å². The number of aliphatic hydroxyl groups is 1. The highest BCUT2D eigenvalue weighted by molar-refractivity contribution is 5.99. The minimum absolute atomic E-state index is 0.0661. The van der Waals surface area contributed by atoms with Crippen molar-refractivity contribution in [2.24, 2.45) is 0 Å². The summed E-state index contributed by atoms with van der Waals surface area (Å²) in [5, 5.41) is 12.1. The van der Waals surface area contributed by atoms with Gasteiger partial charge in [-0.05, 0) is 25.3 Å². The van der Waals surface area contributed by atoms with Gasteiger partial charge in [-0.3, -0.25) is 4.79 Å². The molecule has 6 heteroatoms. The molecule has 1 aromatic rings. The van der Waals surface area contributed by atoms with E-state index >= 15 is 0 Å². The highest BCUT2D eigenvalue weighted by Crippen LogP contribution is 2.22. The van der Waals surface area contributed by atoms with Crippen LogP contribution < -0.4 is 5.32 Å². The second kappa shape index (κ2) is 5.97. The number of carbonyl (C=O) groups excluding carboxylic acids is 1. The maximum atomic E-state index is 13.3. The van der Waals surface area contributed by atoms with Crippen LogP contribution in [-0.2, 0) is 0 Å². The number of rotatable bonds is 3. The zero-order chi connectivity index (χ0) is 13.8. The number of amides is 1. The van der Waals surface area contributed by atoms with Crippen LogP contribution in [0.15, 0.2) is 12.3 Å². The molecule has 0 spiro atoms. The van der Waals surface area contributed by atoms with Gasteiger partial charge in [-0.15, -0.1) is 0 Å². The first-order valence-electron chi connectivity index (χ1n) is 6.42. The van der Waals surface area contributed by atoms with E-state index in [2.05, 4.69) is 10.3 Å². The van der Waals surface area contributed by atoms with Crippen LogP contribution in [-0.4, -0.2) is 47.1 Å². The molecule has 0 radical (unpaired) electrons. The van der Waals surface area contributed by atoms with E-state index in [1.165, 1.54) is 6.07 Å². The minimum atomic E-state index is -0.542. The van der Waals surface area contributed by atoms with E-state index < -0.39 is 5.82 Å². The van der Waals surface area contributed by atoms with Crippen molar-refractivity contribution in [1.82, 2.24) is 9.88 Å². The number of halogens is 1. The minimum Gasteiger partial charge on any atom is -0.394 e. The van der Waals surface area contributed by atoms with Gasteiger partial charge in [0.2, 0.25) is 0 Å². The second-order valence-electron chi connectivity index (χ2n) is 4.63. The molecule has 0 saturated carbocycles. The molecule has 0 aliphatic carbocycles. The molecule has 2 rings (SSSR count). The van der Waals surface area contributed by atoms with Gasteiger partial charge in [0, 0.05) is 13.6 Å². The van der Waals surface area contributed by atoms with E-state index in [1.807, 2.05) is 0 Å². The van der Waals surface area contributed by atoms with Crippen molar-refractivity contribution >= 4 is 11.7 Å². The number of nitrogens with one attached hydrogen (secondary N) is 1. The van der Waals surface area contributed by atoms with Crippen molar-refractivity contribution in [1.29, 1.82) is 0 Å². The first kappa shape index (κ1) is 13.7. The highest BCUT2D eigenvalue weighted by Gasteiger charge is 2.28. The largest absolute Gasteiger partial charge is 0.394 e. The van der Waals surface area contributed by atoms with Crippen molar-refractivity contribution < 1.29 is 14.3 Å². The molecule has 1 aliphatic heterocycles. The molecule has 104 valence electrons. The zero-order valence-corrected chi connectivity index (χ0v) is 10.9. The number of piperidine rings is 1. The summed E-state index contributed by atoms with van der Waals surface area (Å²) in [5.41, 5.74) is 0.211. The Bertz CT molecular complexity index is 467. The maximum Gasteiger partial charge on any atom is 0.258 e. The molecule has 2 heterocycles. The lowest BCUT2D eigenvalue weighted by atomic mass is 10.0. The molecule has 1 aromatic heterocycles. The van der Waals surface area contributed by atoms with Gasteiger partial charge < -0.3 is 15.3 Å². The molecule has 1 unspecified atom stereocenters. The summed E-state index contributed by atoms with van der Waals surface area (Å²) in [5.74, 6) is -0.469. The Morgan fingerprint density at radius 3 is 3.11 bits per heavy atom. The Hall–Kier alpha value is -1.69. The predicted molar refractivity (Wildman–Crippen MR) is 69.5 cm³/mol. The van der Waals surface area contributed by atoms with Gasteiger partial charge in [0.25, 0.3) is 5.91 Å². The van der Waals surface area contributed by atoms with Crippen LogP contribution in [0, 0.1) is 5.82 Å². The van der Waals surface area contributed by atoms with Gasteiger partial charge in [0.05, 0.1) is 24.4 Å². The number of carbonyl (C=O) groups is 1. The number of nitrogens with zero attached hydrogens (tertiary/aromatic N) is 2. The third-order valence-corrected chi connectivity index (χ3v) is 3.42. The lowest BCUT2D eigenvalue weighted by molar-refractivity contribution is 0.0503. The smallest absolute Gasteiger partial charge is 0.258 e. The molecule has 1 aliphatic rings. The standard InChI is InChI=1S/C13H18FN3O2/c1-15-12-11(6-9(14)7-16-12)13(19)17-5-3-2-4-10(17)8-18/h6-7,10,18H,2-5,8H2,1H3,(H,15,16). The normalized spacial score (nSPS) is 19.3. The Balaban J connectivity index is 2.29. The third-order valence-electron chi connectivity index (χ3n) is 3.42. The maximum absolute atomic E-state index is 13.3. The molecule has 1 fully saturated rings. The fourth-order valence-corrected chi connectivity index (χ4v) is 2.41. The van der Waals surface area contributed by atoms with Crippen molar-refractivity contribution in [3.8, 4) is 0 Å². The van der Waals surface area contributed by atoms with E-state index in [1.54, 1.807) is 11.9 Å². The summed E-state index contributed by atoms with van der Waals surface area (Å²) in [6.45, 7) is 0.521. The number of hydrogen-bond donors (Lipinski definition) is 2. The van der Waals surface area contributed by atoms with Gasteiger partial charge in [-0.2, -0.15) is 0 Å². The first-order chi connectivity index (χ1) is 9.17. The number of anilines is 1. The van der Waals surface area contributed by atoms with E-state index in [0.29, 0.717) is 12.4 Å². The number of aromatic nitrogens is 1. The van der Waals surface area contributed by atoms with Gasteiger partial charge >= 0.3 is 0 Å². The Kier molecular flexibility index (Phi) is 4.31. The monoisotopic (exact) mass is 267 g/mol. The quantitative estimate of drug-likeness (QED) is 0.865. The van der Waals surface area contributed by atoms with Crippen LogP contribution in [0.5, 0.6) is 0 Å². The fourth-order valence-electron chi connectivity index (χ4n) is 2.41. The van der Waals surface area contributed by atoms with Crippen LogP contribution in [0.2, 0.25) is 0 Å². The molecule has 1 amide bonds. The molecular formula is C13H18FN3O2. The summed E-state index contributed by atoms with van der Waals surface area (Å²) in [7, 11) is 1.64. The Labute approximate surface area is 111 Å². The van der Waals surface area contributed by atoms with Crippen LogP contribution in [0.25, 0.3) is 0 Å². The molecule has 5 nitrogen and oxygen atoms in total. The predicted octanol–water partition coefficient (Wildman–Crippen LogP) is 1.25. The lowest BCUT2D eigenvalue weighted by Gasteiger charge is -2.34. The van der Waals surface area contributed by atoms with Crippen molar-refractivity contribution in [2.45, 2.75) is 25.3 Å². The topological polar surface area (TPSA) is 65.5 Å². The van der Waals surface area contributed by atoms with E-state index in [0.717, 1.165) is 25.5 Å². The average Bonchev–Trinajstić information content (AvgIpc) is 2.46. The second-order valence-corrected chi connectivity index (χ2v) is 4.63. The molecule has 0 bridgehead atoms. The lowest BCUT2D eigenvalue weighted by Crippen LogP contribution is -2.45. The van der Waals surface area contributed by atoms with E-state index in [9.17, 15) is 14.3 Å². The summed E-state index contributed by atoms with van der Waals surface area (Å²) in [6, 6.07) is 0.999. The van der Waals surface area contributed by atoms with Crippen LogP contribution in [0.4, 0.5) is 10.2 Å². The van der Waals surface area contributed by atoms with Crippen molar-refractivity contribution in [2.75, 3.05) is 25.5 Å². The molecule has 1 atom stereocenters. The molecule has 1 saturated heterocycles. The fraction of sp³-hybridized carbons (Fsp3) is 0.538. The number of hydrogen-bond acceptors (Lipinski definition) is 4. The van der Waals surface area contributed by atoms with Gasteiger partial charge in [-0.1, -0.05) is 0 Å². The number of pyridine rings is 1. The SMILES string of the molecule is CNc1ncc(F)cc1C(=O)N1CCCCC1CO. The number of aliphatic hydroxyl groups excluding tert-OH is 1. The summed E-state index contributed by atoms with van der Waals surface area (Å²) in [4.78, 5) is 17.9. The Morgan fingerprint density at radius 2 is 2.42 bits per heavy atom. The molecular weight excluding hydrogens is 249 g/mol. The average molecular weight is 267 g/mol. The summed E-state index contributed by atoms with van der Waals surface area (Å²) < 4.78 is 13.3. The third kappa shape index (κ3) is 2.84. The van der Waals surface area contributed by atoms with Gasteiger partial charge in [0.1, 0.15) is 11.6 Å².